The number of benzene rings is 1. The molecule has 216 valence electrons. The van der Waals surface area contributed by atoms with Crippen LogP contribution in [0.4, 0.5) is 23.1 Å². The lowest BCUT2D eigenvalue weighted by Crippen LogP contribution is -2.48. The van der Waals surface area contributed by atoms with Gasteiger partial charge in [0.05, 0.1) is 6.04 Å². The van der Waals surface area contributed by atoms with E-state index in [9.17, 15) is 24.3 Å². The molecule has 0 radical (unpaired) electrons. The lowest BCUT2D eigenvalue weighted by molar-refractivity contribution is -0.140. The number of carbonyl (C=O) groups is 3. The van der Waals surface area contributed by atoms with E-state index < -0.39 is 23.9 Å². The summed E-state index contributed by atoms with van der Waals surface area (Å²) in [6.07, 6.45) is -0.586. The summed E-state index contributed by atoms with van der Waals surface area (Å²) < 4.78 is 0. The van der Waals surface area contributed by atoms with Crippen molar-refractivity contribution >= 4 is 41.0 Å². The van der Waals surface area contributed by atoms with E-state index in [-0.39, 0.29) is 63.3 Å². The van der Waals surface area contributed by atoms with Crippen molar-refractivity contribution < 1.29 is 52.0 Å². The van der Waals surface area contributed by atoms with Gasteiger partial charge in [0.1, 0.15) is 11.7 Å². The second-order valence-electron chi connectivity index (χ2n) is 7.55. The number of likely N-dealkylation sites (N-methyl/N-ethyl adjacent to an activating group) is 1. The number of fused-ring (bicyclic) bond motifs is 1. The van der Waals surface area contributed by atoms with Crippen LogP contribution in [0.5, 0.6) is 0 Å². The topological polar surface area (TPSA) is 360 Å². The minimum atomic E-state index is -1.30. The second-order valence-corrected chi connectivity index (χ2v) is 7.55. The highest BCUT2D eigenvalue weighted by molar-refractivity contribution is 5.97. The first kappa shape index (κ1) is 38.0. The Hall–Kier alpha value is -4.49. The van der Waals surface area contributed by atoms with Crippen LogP contribution in [0.15, 0.2) is 29.1 Å². The number of hydrogen-bond acceptors (Lipinski definition) is 9. The molecule has 1 aromatic heterocycles. The van der Waals surface area contributed by atoms with Crippen LogP contribution in [-0.4, -0.2) is 97.6 Å². The number of anilines is 4. The Morgan fingerprint density at radius 2 is 1.74 bits per heavy atom. The molecule has 1 aliphatic heterocycles. The predicted octanol–water partition coefficient (Wildman–Crippen LogP) is -4.38. The Morgan fingerprint density at radius 3 is 2.29 bits per heavy atom. The van der Waals surface area contributed by atoms with Crippen LogP contribution in [0.2, 0.25) is 0 Å². The van der Waals surface area contributed by atoms with Crippen LogP contribution in [0.3, 0.4) is 0 Å². The van der Waals surface area contributed by atoms with Gasteiger partial charge in [0.25, 0.3) is 11.5 Å². The second kappa shape index (κ2) is 16.3. The summed E-state index contributed by atoms with van der Waals surface area (Å²) in [5.41, 5.74) is 6.59. The lowest BCUT2D eigenvalue weighted by atomic mass is 10.1. The molecule has 0 fully saturated rings. The van der Waals surface area contributed by atoms with Gasteiger partial charge in [0, 0.05) is 37.8 Å². The molecule has 2 atom stereocenters. The molecule has 1 aliphatic rings. The first-order chi connectivity index (χ1) is 15.7. The van der Waals surface area contributed by atoms with Gasteiger partial charge in [0.15, 0.2) is 5.82 Å². The van der Waals surface area contributed by atoms with Crippen molar-refractivity contribution in [2.24, 2.45) is 0 Å². The number of aliphatic carboxylic acids is 2. The van der Waals surface area contributed by atoms with Crippen LogP contribution < -0.4 is 32.1 Å². The maximum absolute atomic E-state index is 12.3. The van der Waals surface area contributed by atoms with Gasteiger partial charge >= 0.3 is 11.9 Å². The van der Waals surface area contributed by atoms with E-state index in [1.165, 1.54) is 12.1 Å². The van der Waals surface area contributed by atoms with Gasteiger partial charge in [-0.05, 0) is 30.7 Å². The fraction of sp³-hybridized carbons (Fsp3) is 0.350. The molecule has 18 nitrogen and oxygen atoms in total. The maximum atomic E-state index is 12.3. The fourth-order valence-corrected chi connectivity index (χ4v) is 3.42. The van der Waals surface area contributed by atoms with Crippen molar-refractivity contribution in [2.45, 2.75) is 24.9 Å². The van der Waals surface area contributed by atoms with Crippen molar-refractivity contribution in [3.05, 3.63) is 40.2 Å². The van der Waals surface area contributed by atoms with Crippen LogP contribution in [0.25, 0.3) is 0 Å². The van der Waals surface area contributed by atoms with Crippen molar-refractivity contribution in [1.29, 1.82) is 0 Å². The fourth-order valence-electron chi connectivity index (χ4n) is 3.42. The highest BCUT2D eigenvalue weighted by Gasteiger charge is 2.27. The molecule has 18 heteroatoms. The van der Waals surface area contributed by atoms with Gasteiger partial charge in [-0.2, -0.15) is 4.98 Å². The quantitative estimate of drug-likeness (QED) is 0.156. The van der Waals surface area contributed by atoms with Crippen LogP contribution >= 0.6 is 0 Å². The molecule has 0 aliphatic carbocycles. The van der Waals surface area contributed by atoms with Gasteiger partial charge in [0.2, 0.25) is 5.95 Å². The largest absolute Gasteiger partial charge is 0.481 e. The summed E-state index contributed by atoms with van der Waals surface area (Å²) in [6.45, 7) is 1.01. The maximum Gasteiger partial charge on any atom is 0.326 e. The number of nitrogens with zero attached hydrogens (tertiary/aromatic N) is 2. The van der Waals surface area contributed by atoms with Gasteiger partial charge in [-0.15, -0.1) is 0 Å². The van der Waals surface area contributed by atoms with E-state index in [1.807, 2.05) is 4.90 Å². The number of carbonyl (C=O) groups excluding carboxylic acids is 1. The molecular formula is C20H35N7O11. The van der Waals surface area contributed by atoms with Crippen LogP contribution in [0, 0.1) is 0 Å². The minimum absolute atomic E-state index is 0. The lowest BCUT2D eigenvalue weighted by Gasteiger charge is -2.35. The summed E-state index contributed by atoms with van der Waals surface area (Å²) in [4.78, 5) is 54.9. The molecule has 18 N–H and O–H groups in total. The van der Waals surface area contributed by atoms with Crippen LogP contribution in [0.1, 0.15) is 23.2 Å². The molecule has 0 spiro atoms. The summed E-state index contributed by atoms with van der Waals surface area (Å²) >= 11 is 0. The summed E-state index contributed by atoms with van der Waals surface area (Å²) in [7, 11) is 1.79. The molecule has 1 aromatic carbocycles. The molecule has 0 saturated carbocycles. The molecule has 1 unspecified atom stereocenters. The van der Waals surface area contributed by atoms with Crippen molar-refractivity contribution in [3.8, 4) is 0 Å². The molecular weight excluding hydrogens is 514 g/mol. The average Bonchev–Trinajstić information content (AvgIpc) is 2.75. The normalized spacial score (nSPS) is 13.6. The molecule has 1 amide bonds. The van der Waals surface area contributed by atoms with E-state index in [4.69, 9.17) is 10.8 Å². The third-order valence-corrected chi connectivity index (χ3v) is 5.26. The van der Waals surface area contributed by atoms with Crippen molar-refractivity contribution in [1.82, 2.24) is 15.3 Å². The van der Waals surface area contributed by atoms with Crippen molar-refractivity contribution in [3.63, 3.8) is 0 Å². The monoisotopic (exact) mass is 549 g/mol. The number of H-pyrrole nitrogens is 1. The third kappa shape index (κ3) is 9.19. The number of aromatic nitrogens is 2. The number of hydrogen-bond donors (Lipinski definition) is 7. The number of rotatable bonds is 9. The number of nitrogen functional groups attached to an aromatic ring is 1. The van der Waals surface area contributed by atoms with E-state index in [1.54, 1.807) is 19.2 Å². The minimum Gasteiger partial charge on any atom is -0.481 e. The van der Waals surface area contributed by atoms with E-state index in [0.29, 0.717) is 24.6 Å². The zero-order valence-electron chi connectivity index (χ0n) is 20.3. The summed E-state index contributed by atoms with van der Waals surface area (Å²) in [5, 5.41) is 26.6. The van der Waals surface area contributed by atoms with Gasteiger partial charge in [-0.1, -0.05) is 0 Å². The highest BCUT2D eigenvalue weighted by atomic mass is 16.4. The molecule has 2 heterocycles. The van der Waals surface area contributed by atoms with Gasteiger partial charge in [-0.3, -0.25) is 19.4 Å². The number of carboxylic acid groups (broad SMARTS) is 2. The Bertz CT molecular complexity index is 1110. The Kier molecular flexibility index (Phi) is 16.3. The molecule has 2 aromatic rings. The SMILES string of the molecule is CN1c2c(nc(N)[nH]c2=O)NCC1CNc1ccc(C(=O)N[C@@H](CCC(=O)O)C(=O)O)cc1.O.O.O.O.O. The number of nitrogens with one attached hydrogen (secondary N) is 4. The zero-order chi connectivity index (χ0) is 24.1. The van der Waals surface area contributed by atoms with Crippen molar-refractivity contribution in [2.75, 3.05) is 41.4 Å². The summed E-state index contributed by atoms with van der Waals surface area (Å²) in [5.74, 6) is -2.59. The number of nitrogens with two attached hydrogens (primary N) is 1. The first-order valence-electron chi connectivity index (χ1n) is 10.1. The third-order valence-electron chi connectivity index (χ3n) is 5.26. The molecule has 0 bridgehead atoms. The van der Waals surface area contributed by atoms with Gasteiger partial charge < -0.3 is 64.2 Å². The van der Waals surface area contributed by atoms with Gasteiger partial charge in [-0.25, -0.2) is 4.79 Å². The predicted molar refractivity (Wildman–Crippen MR) is 139 cm³/mol. The number of carboxylic acids is 2. The number of aromatic amines is 1. The smallest absolute Gasteiger partial charge is 0.326 e. The average molecular weight is 550 g/mol. The molecule has 38 heavy (non-hydrogen) atoms. The Balaban J connectivity index is -0.00000245. The molecule has 3 rings (SSSR count). The van der Waals surface area contributed by atoms with E-state index in [0.717, 1.165) is 5.69 Å². The Morgan fingerprint density at radius 1 is 1.13 bits per heavy atom. The van der Waals surface area contributed by atoms with Crippen LogP contribution in [-0.2, 0) is 9.59 Å². The zero-order valence-corrected chi connectivity index (χ0v) is 20.3. The Labute approximate surface area is 215 Å². The summed E-state index contributed by atoms with van der Waals surface area (Å²) in [6, 6.07) is 5.03. The highest BCUT2D eigenvalue weighted by Crippen LogP contribution is 2.25. The van der Waals surface area contributed by atoms with E-state index in [2.05, 4.69) is 25.9 Å². The first-order valence-corrected chi connectivity index (χ1v) is 10.1. The number of amides is 1. The standard InChI is InChI=1S/C20H25N7O6.5H2O/c1-27-12(9-23-16-15(27)18(31)26-20(21)25-16)8-22-11-4-2-10(3-5-11)17(30)24-13(19(32)33)6-7-14(28)29;;;;;/h2-5,12-13,22H,6-9H2,1H3,(H,24,30)(H,28,29)(H,32,33)(H4,21,23,25,26,31);5*1H2/t12?,13-;;;;;/m0...../s1. The van der Waals surface area contributed by atoms with E-state index >= 15 is 0 Å². The molecule has 0 saturated heterocycles.